The minimum absolute atomic E-state index is 0.0548. The minimum Gasteiger partial charge on any atom is -0.485 e. The van der Waals surface area contributed by atoms with Crippen LogP contribution in [0.15, 0.2) is 42.6 Å². The first kappa shape index (κ1) is 25.1. The van der Waals surface area contributed by atoms with Crippen LogP contribution in [-0.4, -0.2) is 21.8 Å². The van der Waals surface area contributed by atoms with Crippen LogP contribution < -0.4 is 15.8 Å². The zero-order valence-corrected chi connectivity index (χ0v) is 19.2. The largest absolute Gasteiger partial charge is 0.485 e. The first-order valence-electron chi connectivity index (χ1n) is 10.8. The Morgan fingerprint density at radius 2 is 1.69 bits per heavy atom. The number of ether oxygens (including phenoxy) is 1. The molecule has 0 saturated carbocycles. The highest BCUT2D eigenvalue weighted by Gasteiger charge is 2.24. The third kappa shape index (κ3) is 4.74. The summed E-state index contributed by atoms with van der Waals surface area (Å²) in [5.41, 5.74) is 6.62. The molecule has 0 aliphatic carbocycles. The molecular formula is C25H21F5N4O2. The lowest BCUT2D eigenvalue weighted by Gasteiger charge is -2.18. The SMILES string of the molecule is Cc1cc(OCc2c(F)cccc2F)c2nc(C)c(C(=O)NC(CN)c3cc(F)c(F)c(F)c3)n2c1. The maximum Gasteiger partial charge on any atom is 0.270 e. The van der Waals surface area contributed by atoms with Crippen LogP contribution in [0.1, 0.15) is 38.9 Å². The first-order valence-corrected chi connectivity index (χ1v) is 10.8. The van der Waals surface area contributed by atoms with E-state index in [1.165, 1.54) is 10.5 Å². The number of hydrogen-bond acceptors (Lipinski definition) is 4. The maximum atomic E-state index is 14.0. The molecule has 2 aromatic heterocycles. The van der Waals surface area contributed by atoms with Gasteiger partial charge in [0.25, 0.3) is 5.91 Å². The topological polar surface area (TPSA) is 81.6 Å². The molecule has 4 rings (SSSR count). The number of carbonyl (C=O) groups excluding carboxylic acids is 1. The van der Waals surface area contributed by atoms with E-state index in [-0.39, 0.29) is 40.5 Å². The number of rotatable bonds is 7. The molecule has 2 heterocycles. The molecule has 6 nitrogen and oxygen atoms in total. The first-order chi connectivity index (χ1) is 17.1. The number of nitrogens with one attached hydrogen (secondary N) is 1. The quantitative estimate of drug-likeness (QED) is 0.284. The van der Waals surface area contributed by atoms with E-state index in [1.54, 1.807) is 26.1 Å². The Labute approximate surface area is 202 Å². The van der Waals surface area contributed by atoms with Gasteiger partial charge in [0.15, 0.2) is 28.8 Å². The number of amides is 1. The molecule has 1 unspecified atom stereocenters. The molecule has 1 atom stereocenters. The Morgan fingerprint density at radius 1 is 1.06 bits per heavy atom. The molecule has 0 aliphatic rings. The predicted octanol–water partition coefficient (Wildman–Crippen LogP) is 4.66. The number of aryl methyl sites for hydroxylation is 2. The molecule has 0 saturated heterocycles. The van der Waals surface area contributed by atoms with E-state index >= 15 is 0 Å². The molecule has 1 amide bonds. The van der Waals surface area contributed by atoms with Gasteiger partial charge < -0.3 is 15.8 Å². The number of nitrogens with zero attached hydrogens (tertiary/aromatic N) is 2. The number of aromatic nitrogens is 2. The summed E-state index contributed by atoms with van der Waals surface area (Å²) in [6.45, 7) is 2.64. The summed E-state index contributed by atoms with van der Waals surface area (Å²) in [5, 5.41) is 2.58. The van der Waals surface area contributed by atoms with Crippen LogP contribution in [-0.2, 0) is 6.61 Å². The number of fused-ring (bicyclic) bond motifs is 1. The van der Waals surface area contributed by atoms with Gasteiger partial charge >= 0.3 is 0 Å². The monoisotopic (exact) mass is 504 g/mol. The second-order valence-electron chi connectivity index (χ2n) is 8.17. The highest BCUT2D eigenvalue weighted by molar-refractivity contribution is 5.95. The van der Waals surface area contributed by atoms with E-state index in [0.29, 0.717) is 5.56 Å². The molecule has 36 heavy (non-hydrogen) atoms. The van der Waals surface area contributed by atoms with E-state index in [9.17, 15) is 26.7 Å². The highest BCUT2D eigenvalue weighted by Crippen LogP contribution is 2.27. The Hall–Kier alpha value is -3.99. The van der Waals surface area contributed by atoms with Gasteiger partial charge in [0.1, 0.15) is 23.9 Å². The Morgan fingerprint density at radius 3 is 2.31 bits per heavy atom. The minimum atomic E-state index is -1.63. The van der Waals surface area contributed by atoms with E-state index in [0.717, 1.165) is 24.3 Å². The van der Waals surface area contributed by atoms with Crippen molar-refractivity contribution in [3.63, 3.8) is 0 Å². The number of pyridine rings is 1. The van der Waals surface area contributed by atoms with E-state index in [4.69, 9.17) is 10.5 Å². The number of halogens is 5. The molecule has 0 bridgehead atoms. The van der Waals surface area contributed by atoms with Gasteiger partial charge in [-0.3, -0.25) is 9.20 Å². The number of benzene rings is 2. The lowest BCUT2D eigenvalue weighted by atomic mass is 10.1. The molecule has 0 aliphatic heterocycles. The van der Waals surface area contributed by atoms with Crippen molar-refractivity contribution in [2.75, 3.05) is 6.54 Å². The van der Waals surface area contributed by atoms with Crippen molar-refractivity contribution in [2.45, 2.75) is 26.5 Å². The molecule has 4 aromatic rings. The van der Waals surface area contributed by atoms with Gasteiger partial charge in [0.2, 0.25) is 0 Å². The van der Waals surface area contributed by atoms with Gasteiger partial charge in [0.05, 0.1) is 17.3 Å². The summed E-state index contributed by atoms with van der Waals surface area (Å²) in [6.07, 6.45) is 1.61. The number of carbonyl (C=O) groups is 1. The van der Waals surface area contributed by atoms with Crippen LogP contribution >= 0.6 is 0 Å². The fourth-order valence-corrected chi connectivity index (χ4v) is 3.84. The van der Waals surface area contributed by atoms with Crippen LogP contribution in [0.3, 0.4) is 0 Å². The van der Waals surface area contributed by atoms with E-state index in [2.05, 4.69) is 10.3 Å². The van der Waals surface area contributed by atoms with Crippen molar-refractivity contribution in [3.8, 4) is 5.75 Å². The van der Waals surface area contributed by atoms with Crippen LogP contribution in [0.2, 0.25) is 0 Å². The number of hydrogen-bond donors (Lipinski definition) is 2. The summed E-state index contributed by atoms with van der Waals surface area (Å²) in [4.78, 5) is 17.5. The summed E-state index contributed by atoms with van der Waals surface area (Å²) in [6, 6.07) is 5.56. The number of imidazole rings is 1. The second-order valence-corrected chi connectivity index (χ2v) is 8.17. The third-order valence-corrected chi connectivity index (χ3v) is 5.60. The summed E-state index contributed by atoms with van der Waals surface area (Å²) in [7, 11) is 0. The van der Waals surface area contributed by atoms with Crippen molar-refractivity contribution in [1.82, 2.24) is 14.7 Å². The van der Waals surface area contributed by atoms with Crippen LogP contribution in [0, 0.1) is 42.9 Å². The molecular weight excluding hydrogens is 483 g/mol. The summed E-state index contributed by atoms with van der Waals surface area (Å²) in [5.74, 6) is -6.47. The van der Waals surface area contributed by atoms with Gasteiger partial charge in [0, 0.05) is 12.7 Å². The van der Waals surface area contributed by atoms with Crippen LogP contribution in [0.5, 0.6) is 5.75 Å². The van der Waals surface area contributed by atoms with Gasteiger partial charge in [-0.1, -0.05) is 6.07 Å². The van der Waals surface area contributed by atoms with Crippen molar-refractivity contribution < 1.29 is 31.5 Å². The van der Waals surface area contributed by atoms with Gasteiger partial charge in [-0.15, -0.1) is 0 Å². The predicted molar refractivity (Wildman–Crippen MR) is 121 cm³/mol. The average Bonchev–Trinajstić information content (AvgIpc) is 3.15. The average molecular weight is 504 g/mol. The Bertz CT molecular complexity index is 1430. The van der Waals surface area contributed by atoms with Gasteiger partial charge in [-0.25, -0.2) is 26.9 Å². The molecule has 188 valence electrons. The van der Waals surface area contributed by atoms with Crippen molar-refractivity contribution in [3.05, 3.63) is 99.8 Å². The third-order valence-electron chi connectivity index (χ3n) is 5.60. The number of nitrogens with two attached hydrogens (primary N) is 1. The smallest absolute Gasteiger partial charge is 0.270 e. The fraction of sp³-hybridized carbons (Fsp3) is 0.200. The fourth-order valence-electron chi connectivity index (χ4n) is 3.84. The summed E-state index contributed by atoms with van der Waals surface area (Å²) < 4.78 is 75.9. The van der Waals surface area contributed by atoms with Crippen molar-refractivity contribution in [2.24, 2.45) is 5.73 Å². The Balaban J connectivity index is 1.66. The lowest BCUT2D eigenvalue weighted by Crippen LogP contribution is -2.34. The summed E-state index contributed by atoms with van der Waals surface area (Å²) >= 11 is 0. The normalized spacial score (nSPS) is 12.1. The van der Waals surface area contributed by atoms with Gasteiger partial charge in [-0.05, 0) is 55.3 Å². The van der Waals surface area contributed by atoms with Crippen LogP contribution in [0.4, 0.5) is 22.0 Å². The maximum absolute atomic E-state index is 14.0. The molecule has 0 spiro atoms. The second kappa shape index (κ2) is 9.94. The van der Waals surface area contributed by atoms with E-state index < -0.39 is 47.6 Å². The standard InChI is InChI=1S/C25H21F5N4O2/c1-12-6-21(36-11-15-16(26)4-3-5-17(15)27)24-32-13(2)23(34(24)10-12)25(35)33-20(9-31)14-7-18(28)22(30)19(29)8-14/h3-8,10,20H,9,11,31H2,1-2H3,(H,33,35). The molecule has 0 fully saturated rings. The van der Waals surface area contributed by atoms with Crippen molar-refractivity contribution in [1.29, 1.82) is 0 Å². The zero-order valence-electron chi connectivity index (χ0n) is 19.2. The molecule has 0 radical (unpaired) electrons. The molecule has 3 N–H and O–H groups in total. The lowest BCUT2D eigenvalue weighted by molar-refractivity contribution is 0.0931. The van der Waals surface area contributed by atoms with Crippen LogP contribution in [0.25, 0.3) is 5.65 Å². The van der Waals surface area contributed by atoms with Gasteiger partial charge in [-0.2, -0.15) is 0 Å². The molecule has 11 heteroatoms. The van der Waals surface area contributed by atoms with Crippen molar-refractivity contribution >= 4 is 11.6 Å². The molecule has 2 aromatic carbocycles. The van der Waals surface area contributed by atoms with E-state index in [1.807, 2.05) is 0 Å². The Kier molecular flexibility index (Phi) is 6.93. The highest BCUT2D eigenvalue weighted by atomic mass is 19.2. The zero-order chi connectivity index (χ0) is 26.1.